The highest BCUT2D eigenvalue weighted by Gasteiger charge is 2.54. The number of allylic oxidation sites excluding steroid dienone is 1. The second-order valence-electron chi connectivity index (χ2n) is 11.2. The molecule has 0 aromatic heterocycles. The van der Waals surface area contributed by atoms with Gasteiger partial charge < -0.3 is 4.74 Å². The number of hydrogen-bond donors (Lipinski definition) is 4. The molecule has 2 heterocycles. The number of nitrogens with one attached hydrogen (secondary N) is 3. The van der Waals surface area contributed by atoms with Crippen LogP contribution in [0.5, 0.6) is 0 Å². The third-order valence-electron chi connectivity index (χ3n) is 7.57. The van der Waals surface area contributed by atoms with Crippen molar-refractivity contribution in [3.05, 3.63) is 42.0 Å². The van der Waals surface area contributed by atoms with Crippen LogP contribution in [0.4, 0.5) is 0 Å². The summed E-state index contributed by atoms with van der Waals surface area (Å²) in [5.74, 6) is 2.16. The van der Waals surface area contributed by atoms with E-state index in [1.165, 1.54) is 0 Å². The van der Waals surface area contributed by atoms with E-state index in [9.17, 15) is 14.4 Å². The number of ether oxygens (including phenoxy) is 1. The van der Waals surface area contributed by atoms with Crippen LogP contribution in [0.15, 0.2) is 46.7 Å². The number of hydrogen-bond acceptors (Lipinski definition) is 10. The molecule has 2 aliphatic heterocycles. The van der Waals surface area contributed by atoms with Crippen molar-refractivity contribution in [1.82, 2.24) is 21.4 Å². The van der Waals surface area contributed by atoms with Gasteiger partial charge in [0.15, 0.2) is 18.2 Å². The lowest BCUT2D eigenvalue weighted by Gasteiger charge is -2.39. The smallest absolute Gasteiger partial charge is 0.247 e. The molecule has 41 heavy (non-hydrogen) atoms. The molecule has 0 aliphatic carbocycles. The van der Waals surface area contributed by atoms with Gasteiger partial charge in [-0.25, -0.2) is 21.7 Å². The largest absolute Gasteiger partial charge is 0.350 e. The Balaban J connectivity index is 2.04. The number of nitrogens with two attached hydrogens (primary N) is 1. The minimum absolute atomic E-state index is 0.00143. The molecule has 2 amide bonds. The van der Waals surface area contributed by atoms with E-state index in [1.54, 1.807) is 12.1 Å². The molecule has 0 saturated carbocycles. The Morgan fingerprint density at radius 3 is 2.61 bits per heavy atom. The summed E-state index contributed by atoms with van der Waals surface area (Å²) in [6, 6.07) is 9.65. The zero-order valence-corrected chi connectivity index (χ0v) is 24.5. The molecule has 1 aromatic carbocycles. The molecule has 226 valence electrons. The average Bonchev–Trinajstić information content (AvgIpc) is 3.40. The molecule has 3 rings (SSSR count). The minimum Gasteiger partial charge on any atom is -0.350 e. The predicted octanol–water partition coefficient (Wildman–Crippen LogP) is 3.43. The maximum Gasteiger partial charge on any atom is 0.247 e. The highest BCUT2D eigenvalue weighted by molar-refractivity contribution is 6.08. The number of nitrogens with zero attached hydrogens (tertiary/aromatic N) is 3. The zero-order chi connectivity index (χ0) is 29.8. The normalized spacial score (nSPS) is 22.2. The van der Waals surface area contributed by atoms with Crippen LogP contribution in [-0.2, 0) is 24.0 Å². The van der Waals surface area contributed by atoms with Gasteiger partial charge in [0.2, 0.25) is 11.8 Å². The van der Waals surface area contributed by atoms with Gasteiger partial charge in [-0.15, -0.1) is 5.11 Å². The first kappa shape index (κ1) is 32.3. The van der Waals surface area contributed by atoms with Crippen LogP contribution in [0.25, 0.3) is 6.08 Å². The molecule has 0 spiro atoms. The second-order valence-corrected chi connectivity index (χ2v) is 11.2. The summed E-state index contributed by atoms with van der Waals surface area (Å²) in [6.45, 7) is 6.36. The number of carbonyl (C=O) groups is 3. The Bertz CT molecular complexity index is 1060. The standard InChI is InChI=1S/C29H45N7O5/c1-5-17-29(19-20(2)3,28(39)31-30)25(37)24(26-32-34-35-36(26)4)22(15-11-14-21-12-7-6-8-13-21)27(38)33-41-23-16-9-10-18-40-23/h6-8,11-14,20,22-24,26H,5,9-10,15-19,30H2,1-4H3,(H,31,39)(H,32,35)(H,33,38)/t22-,23?,24-,26?,29?/m0/s1. The van der Waals surface area contributed by atoms with E-state index in [2.05, 4.69) is 26.8 Å². The molecule has 3 unspecified atom stereocenters. The van der Waals surface area contributed by atoms with Crippen LogP contribution in [-0.4, -0.2) is 48.7 Å². The number of Topliss-reactive ketones (excluding diaryl/α,β-unsaturated/α-hetero) is 1. The monoisotopic (exact) mass is 571 g/mol. The Hall–Kier alpha value is -3.19. The summed E-state index contributed by atoms with van der Waals surface area (Å²) in [4.78, 5) is 47.7. The lowest BCUT2D eigenvalue weighted by Crippen LogP contribution is -2.57. The Kier molecular flexibility index (Phi) is 12.4. The van der Waals surface area contributed by atoms with Gasteiger partial charge in [0.1, 0.15) is 5.41 Å². The van der Waals surface area contributed by atoms with Crippen LogP contribution >= 0.6 is 0 Å². The van der Waals surface area contributed by atoms with E-state index < -0.39 is 47.3 Å². The second kappa shape index (κ2) is 15.7. The third kappa shape index (κ3) is 8.41. The average molecular weight is 572 g/mol. The van der Waals surface area contributed by atoms with Gasteiger partial charge in [-0.05, 0) is 43.6 Å². The molecule has 1 aromatic rings. The van der Waals surface area contributed by atoms with Crippen molar-refractivity contribution < 1.29 is 24.0 Å². The van der Waals surface area contributed by atoms with Gasteiger partial charge >= 0.3 is 0 Å². The number of hydroxylamine groups is 1. The first-order chi connectivity index (χ1) is 19.7. The number of amides is 2. The molecule has 2 aliphatic rings. The van der Waals surface area contributed by atoms with E-state index in [4.69, 9.17) is 15.4 Å². The molecule has 5 N–H and O–H groups in total. The fourth-order valence-corrected chi connectivity index (χ4v) is 5.69. The molecule has 12 nitrogen and oxygen atoms in total. The molecule has 1 saturated heterocycles. The first-order valence-corrected chi connectivity index (χ1v) is 14.5. The molecular formula is C29H45N7O5. The summed E-state index contributed by atoms with van der Waals surface area (Å²) >= 11 is 0. The van der Waals surface area contributed by atoms with Crippen LogP contribution in [0.1, 0.15) is 71.3 Å². The van der Waals surface area contributed by atoms with E-state index >= 15 is 0 Å². The molecule has 1 fully saturated rings. The van der Waals surface area contributed by atoms with Crippen molar-refractivity contribution in [2.75, 3.05) is 13.7 Å². The van der Waals surface area contributed by atoms with E-state index in [0.717, 1.165) is 18.4 Å². The number of hydrazine groups is 2. The molecule has 0 bridgehead atoms. The van der Waals surface area contributed by atoms with Crippen LogP contribution in [0.2, 0.25) is 0 Å². The zero-order valence-electron chi connectivity index (χ0n) is 24.5. The Labute approximate surface area is 242 Å². The number of benzene rings is 1. The SMILES string of the molecule is CCCC(CC(C)C)(C(=O)NN)C(=O)[C@@H](C1N=NNN1C)[C@H](CC=Cc1ccccc1)C(=O)NOC1CCCCO1. The summed E-state index contributed by atoms with van der Waals surface area (Å²) in [7, 11) is 1.69. The van der Waals surface area contributed by atoms with Crippen molar-refractivity contribution in [2.45, 2.75) is 78.2 Å². The quantitative estimate of drug-likeness (QED) is 0.108. The van der Waals surface area contributed by atoms with E-state index in [-0.39, 0.29) is 25.2 Å². The highest BCUT2D eigenvalue weighted by Crippen LogP contribution is 2.41. The summed E-state index contributed by atoms with van der Waals surface area (Å²) in [5, 5.41) is 9.77. The van der Waals surface area contributed by atoms with Crippen molar-refractivity contribution >= 4 is 23.7 Å². The first-order valence-electron chi connectivity index (χ1n) is 14.5. The van der Waals surface area contributed by atoms with Gasteiger partial charge in [-0.2, -0.15) is 5.01 Å². The van der Waals surface area contributed by atoms with Gasteiger partial charge in [0.05, 0.1) is 11.8 Å². The van der Waals surface area contributed by atoms with Gasteiger partial charge in [0.25, 0.3) is 0 Å². The van der Waals surface area contributed by atoms with Crippen molar-refractivity contribution in [3.63, 3.8) is 0 Å². The Morgan fingerprint density at radius 1 is 1.27 bits per heavy atom. The Morgan fingerprint density at radius 2 is 2.02 bits per heavy atom. The van der Waals surface area contributed by atoms with Crippen molar-refractivity contribution in [1.29, 1.82) is 0 Å². The predicted molar refractivity (Wildman–Crippen MR) is 154 cm³/mol. The molecule has 5 atom stereocenters. The molecular weight excluding hydrogens is 526 g/mol. The van der Waals surface area contributed by atoms with Crippen LogP contribution in [0.3, 0.4) is 0 Å². The number of carbonyl (C=O) groups excluding carboxylic acids is 3. The highest BCUT2D eigenvalue weighted by atomic mass is 16.8. The van der Waals surface area contributed by atoms with Crippen LogP contribution < -0.4 is 22.3 Å². The summed E-state index contributed by atoms with van der Waals surface area (Å²) in [6.07, 6.45) is 6.11. The topological polar surface area (TPSA) is 160 Å². The van der Waals surface area contributed by atoms with Gasteiger partial charge in [0, 0.05) is 20.1 Å². The fraction of sp³-hybridized carbons (Fsp3) is 0.621. The third-order valence-corrected chi connectivity index (χ3v) is 7.57. The lowest BCUT2D eigenvalue weighted by atomic mass is 9.65. The minimum atomic E-state index is -1.46. The van der Waals surface area contributed by atoms with Crippen molar-refractivity contribution in [2.24, 2.45) is 39.3 Å². The van der Waals surface area contributed by atoms with Crippen molar-refractivity contribution in [3.8, 4) is 0 Å². The van der Waals surface area contributed by atoms with E-state index in [0.29, 0.717) is 19.4 Å². The molecule has 12 heteroatoms. The molecule has 0 radical (unpaired) electrons. The maximum absolute atomic E-state index is 14.8. The summed E-state index contributed by atoms with van der Waals surface area (Å²) < 4.78 is 5.61. The van der Waals surface area contributed by atoms with Crippen LogP contribution in [0, 0.1) is 23.2 Å². The number of ketones is 1. The maximum atomic E-state index is 14.8. The number of rotatable bonds is 15. The fourth-order valence-electron chi connectivity index (χ4n) is 5.69. The van der Waals surface area contributed by atoms with E-state index in [1.807, 2.05) is 63.3 Å². The summed E-state index contributed by atoms with van der Waals surface area (Å²) in [5.41, 5.74) is 7.02. The van der Waals surface area contributed by atoms with Gasteiger partial charge in [-0.1, -0.05) is 74.9 Å². The van der Waals surface area contributed by atoms with Gasteiger partial charge in [-0.3, -0.25) is 19.8 Å². The lowest BCUT2D eigenvalue weighted by molar-refractivity contribution is -0.203.